The summed E-state index contributed by atoms with van der Waals surface area (Å²) in [4.78, 5) is 0. The fraction of sp³-hybridized carbons (Fsp3) is 0. The first-order valence-corrected chi connectivity index (χ1v) is 14.9. The molecule has 1 heterocycles. The van der Waals surface area contributed by atoms with Crippen molar-refractivity contribution in [2.24, 2.45) is 0 Å². The molecule has 1 aliphatic rings. The van der Waals surface area contributed by atoms with Crippen molar-refractivity contribution < 1.29 is 0 Å². The second kappa shape index (κ2) is 8.76. The molecule has 0 N–H and O–H groups in total. The van der Waals surface area contributed by atoms with Crippen LogP contribution < -0.4 is 0 Å². The molecule has 1 heteroatoms. The van der Waals surface area contributed by atoms with Gasteiger partial charge in [0, 0.05) is 20.2 Å². The smallest absolute Gasteiger partial charge is 0.0355 e. The topological polar surface area (TPSA) is 0 Å². The van der Waals surface area contributed by atoms with E-state index in [1.807, 2.05) is 11.3 Å². The van der Waals surface area contributed by atoms with E-state index in [1.54, 1.807) is 0 Å². The minimum atomic E-state index is 1.23. The van der Waals surface area contributed by atoms with Gasteiger partial charge >= 0.3 is 0 Å². The number of thiophene rings is 1. The Kier molecular flexibility index (Phi) is 4.87. The van der Waals surface area contributed by atoms with Crippen LogP contribution in [0.4, 0.5) is 0 Å². The lowest BCUT2D eigenvalue weighted by atomic mass is 9.94. The van der Waals surface area contributed by atoms with Crippen LogP contribution in [-0.4, -0.2) is 0 Å². The highest BCUT2D eigenvalue weighted by atomic mass is 32.1. The summed E-state index contributed by atoms with van der Waals surface area (Å²) in [5, 5.41) is 5.37. The summed E-state index contributed by atoms with van der Waals surface area (Å²) in [5.74, 6) is 0. The fourth-order valence-corrected chi connectivity index (χ4v) is 7.69. The van der Waals surface area contributed by atoms with Gasteiger partial charge in [0.1, 0.15) is 0 Å². The van der Waals surface area contributed by atoms with Crippen molar-refractivity contribution in [2.75, 3.05) is 0 Å². The Bertz CT molecular complexity index is 2280. The van der Waals surface area contributed by atoms with Crippen LogP contribution >= 0.6 is 11.3 Å². The van der Waals surface area contributed by atoms with E-state index in [4.69, 9.17) is 0 Å². The summed E-state index contributed by atoms with van der Waals surface area (Å²) in [5.41, 5.74) is 12.9. The van der Waals surface area contributed by atoms with Crippen LogP contribution in [0.25, 0.3) is 86.6 Å². The first-order valence-electron chi connectivity index (χ1n) is 14.1. The summed E-state index contributed by atoms with van der Waals surface area (Å²) in [6, 6.07) is 53.7. The van der Waals surface area contributed by atoms with Crippen LogP contribution in [0, 0.1) is 0 Å². The standard InChI is InChI=1S/C40H24S/c1-2-8-33-32(7-1)35-10-5-6-30-22-31(24-37(33)40(30)35)28-18-14-26(15-19-28)25-12-16-27(17-13-25)29-20-21-39-36(23-29)34-9-3-4-11-38(34)41-39/h1-24H. The van der Waals surface area contributed by atoms with E-state index in [0.717, 1.165) is 0 Å². The molecule has 0 fully saturated rings. The van der Waals surface area contributed by atoms with Crippen molar-refractivity contribution in [3.8, 4) is 55.6 Å². The van der Waals surface area contributed by atoms with Crippen molar-refractivity contribution in [2.45, 2.75) is 0 Å². The lowest BCUT2D eigenvalue weighted by molar-refractivity contribution is 1.59. The molecule has 7 aromatic carbocycles. The van der Waals surface area contributed by atoms with E-state index in [0.29, 0.717) is 0 Å². The minimum absolute atomic E-state index is 1.23. The highest BCUT2D eigenvalue weighted by molar-refractivity contribution is 7.25. The van der Waals surface area contributed by atoms with E-state index in [9.17, 15) is 0 Å². The van der Waals surface area contributed by atoms with Gasteiger partial charge in [-0.25, -0.2) is 0 Å². The van der Waals surface area contributed by atoms with E-state index < -0.39 is 0 Å². The monoisotopic (exact) mass is 536 g/mol. The zero-order chi connectivity index (χ0) is 26.9. The van der Waals surface area contributed by atoms with Gasteiger partial charge in [0.15, 0.2) is 0 Å². The van der Waals surface area contributed by atoms with Crippen molar-refractivity contribution in [1.82, 2.24) is 0 Å². The molecule has 0 atom stereocenters. The maximum atomic E-state index is 2.37. The maximum absolute atomic E-state index is 2.37. The molecule has 0 amide bonds. The molecule has 0 aliphatic heterocycles. The van der Waals surface area contributed by atoms with E-state index >= 15 is 0 Å². The quantitative estimate of drug-likeness (QED) is 0.211. The Hall–Kier alpha value is -4.98. The third-order valence-corrected chi connectivity index (χ3v) is 9.78. The van der Waals surface area contributed by atoms with Crippen LogP contribution in [0.5, 0.6) is 0 Å². The Morgan fingerprint density at radius 1 is 0.317 bits per heavy atom. The van der Waals surface area contributed by atoms with E-state index in [-0.39, 0.29) is 0 Å². The summed E-state index contributed by atoms with van der Waals surface area (Å²) in [7, 11) is 0. The number of rotatable bonds is 3. The fourth-order valence-electron chi connectivity index (χ4n) is 6.60. The molecule has 0 spiro atoms. The van der Waals surface area contributed by atoms with Gasteiger partial charge in [0.25, 0.3) is 0 Å². The lowest BCUT2D eigenvalue weighted by Gasteiger charge is -2.10. The average Bonchev–Trinajstić information content (AvgIpc) is 3.58. The second-order valence-corrected chi connectivity index (χ2v) is 12.0. The molecule has 9 rings (SSSR count). The van der Waals surface area contributed by atoms with Gasteiger partial charge in [-0.3, -0.25) is 0 Å². The first-order chi connectivity index (χ1) is 20.3. The molecule has 1 aliphatic carbocycles. The molecule has 190 valence electrons. The molecule has 1 aromatic heterocycles. The highest BCUT2D eigenvalue weighted by Gasteiger charge is 2.21. The van der Waals surface area contributed by atoms with Gasteiger partial charge in [-0.15, -0.1) is 11.3 Å². The van der Waals surface area contributed by atoms with E-state index in [2.05, 4.69) is 146 Å². The number of hydrogen-bond donors (Lipinski definition) is 0. The largest absolute Gasteiger partial charge is 0.135 e. The molecule has 0 saturated heterocycles. The number of fused-ring (bicyclic) bond motifs is 6. The van der Waals surface area contributed by atoms with Crippen LogP contribution in [-0.2, 0) is 0 Å². The lowest BCUT2D eigenvalue weighted by Crippen LogP contribution is -1.84. The average molecular weight is 537 g/mol. The summed E-state index contributed by atoms with van der Waals surface area (Å²) in [6.45, 7) is 0. The van der Waals surface area contributed by atoms with Gasteiger partial charge in [0.05, 0.1) is 0 Å². The Labute approximate surface area is 242 Å². The first kappa shape index (κ1) is 22.8. The predicted octanol–water partition coefficient (Wildman–Crippen LogP) is 11.9. The maximum Gasteiger partial charge on any atom is 0.0355 e. The van der Waals surface area contributed by atoms with Crippen molar-refractivity contribution >= 4 is 42.3 Å². The molecule has 0 unspecified atom stereocenters. The zero-order valence-electron chi connectivity index (χ0n) is 22.3. The molecule has 0 radical (unpaired) electrons. The second-order valence-electron chi connectivity index (χ2n) is 10.9. The van der Waals surface area contributed by atoms with Gasteiger partial charge in [0.2, 0.25) is 0 Å². The molecule has 0 nitrogen and oxygen atoms in total. The van der Waals surface area contributed by atoms with Gasteiger partial charge in [-0.1, -0.05) is 115 Å². The van der Waals surface area contributed by atoms with Crippen LogP contribution in [0.2, 0.25) is 0 Å². The molecular formula is C40H24S. The van der Waals surface area contributed by atoms with Crippen LogP contribution in [0.3, 0.4) is 0 Å². The third-order valence-electron chi connectivity index (χ3n) is 8.63. The van der Waals surface area contributed by atoms with Crippen molar-refractivity contribution in [1.29, 1.82) is 0 Å². The Balaban J connectivity index is 1.04. The van der Waals surface area contributed by atoms with Gasteiger partial charge < -0.3 is 0 Å². The number of benzene rings is 7. The molecule has 8 aromatic rings. The van der Waals surface area contributed by atoms with Gasteiger partial charge in [-0.2, -0.15) is 0 Å². The molecular weight excluding hydrogens is 513 g/mol. The van der Waals surface area contributed by atoms with Crippen molar-refractivity contribution in [3.05, 3.63) is 146 Å². The summed E-state index contributed by atoms with van der Waals surface area (Å²) in [6.07, 6.45) is 0. The van der Waals surface area contributed by atoms with Crippen LogP contribution in [0.1, 0.15) is 0 Å². The zero-order valence-corrected chi connectivity index (χ0v) is 23.1. The minimum Gasteiger partial charge on any atom is -0.135 e. The number of hydrogen-bond acceptors (Lipinski definition) is 1. The third kappa shape index (κ3) is 3.53. The molecule has 0 bridgehead atoms. The van der Waals surface area contributed by atoms with Gasteiger partial charge in [-0.05, 0) is 96.7 Å². The predicted molar refractivity (Wildman–Crippen MR) is 178 cm³/mol. The van der Waals surface area contributed by atoms with E-state index in [1.165, 1.54) is 86.6 Å². The summed E-state index contributed by atoms with van der Waals surface area (Å²) < 4.78 is 2.69. The molecule has 0 saturated carbocycles. The van der Waals surface area contributed by atoms with Crippen LogP contribution in [0.15, 0.2) is 146 Å². The Morgan fingerprint density at radius 3 is 1.63 bits per heavy atom. The molecule has 41 heavy (non-hydrogen) atoms. The highest BCUT2D eigenvalue weighted by Crippen LogP contribution is 2.48. The Morgan fingerprint density at radius 2 is 0.878 bits per heavy atom. The normalized spacial score (nSPS) is 11.9. The summed E-state index contributed by atoms with van der Waals surface area (Å²) >= 11 is 1.87. The van der Waals surface area contributed by atoms with Crippen molar-refractivity contribution in [3.63, 3.8) is 0 Å². The SMILES string of the molecule is c1ccc2c(c1)-c1cccc3cc(-c4ccc(-c5ccc(-c6ccc7sc8ccccc8c7c6)cc5)cc4)cc-2c13.